The number of hydrogen-bond acceptors (Lipinski definition) is 6. The largest absolute Gasteiger partial charge is 0.449 e. The Bertz CT molecular complexity index is 777. The maximum atomic E-state index is 12.0. The van der Waals surface area contributed by atoms with Crippen LogP contribution in [0.4, 0.5) is 17.1 Å². The van der Waals surface area contributed by atoms with Crippen LogP contribution in [-0.2, 0) is 9.53 Å². The number of nitro groups is 1. The molecule has 2 rings (SSSR count). The minimum atomic E-state index is -1.07. The number of carbonyl (C=O) groups excluding carboxylic acids is 2. The SMILES string of the molecule is C[C@H](OC(=O)c1ccc(N)c([N+](=O)[O-])c1)C(=O)Nc1ccccc1. The molecule has 0 aliphatic carbocycles. The number of carbonyl (C=O) groups is 2. The number of ether oxygens (including phenoxy) is 1. The number of para-hydroxylation sites is 1. The second-order valence-electron chi connectivity index (χ2n) is 4.93. The van der Waals surface area contributed by atoms with E-state index < -0.39 is 28.6 Å². The smallest absolute Gasteiger partial charge is 0.339 e. The molecule has 0 saturated carbocycles. The van der Waals surface area contributed by atoms with Crippen LogP contribution in [-0.4, -0.2) is 22.9 Å². The zero-order valence-electron chi connectivity index (χ0n) is 12.8. The highest BCUT2D eigenvalue weighted by Crippen LogP contribution is 2.23. The molecule has 0 aliphatic heterocycles. The zero-order valence-corrected chi connectivity index (χ0v) is 12.8. The Morgan fingerprint density at radius 3 is 2.50 bits per heavy atom. The molecule has 8 nitrogen and oxygen atoms in total. The van der Waals surface area contributed by atoms with E-state index in [0.717, 1.165) is 6.07 Å². The van der Waals surface area contributed by atoms with Crippen LogP contribution >= 0.6 is 0 Å². The Balaban J connectivity index is 2.04. The molecular weight excluding hydrogens is 314 g/mol. The Labute approximate surface area is 137 Å². The summed E-state index contributed by atoms with van der Waals surface area (Å²) in [5, 5.41) is 13.4. The molecule has 24 heavy (non-hydrogen) atoms. The van der Waals surface area contributed by atoms with Crippen LogP contribution in [0.1, 0.15) is 17.3 Å². The van der Waals surface area contributed by atoms with Gasteiger partial charge in [0.25, 0.3) is 11.6 Å². The van der Waals surface area contributed by atoms with Gasteiger partial charge in [-0.2, -0.15) is 0 Å². The molecule has 3 N–H and O–H groups in total. The van der Waals surface area contributed by atoms with E-state index in [4.69, 9.17) is 10.5 Å². The van der Waals surface area contributed by atoms with Gasteiger partial charge in [0.05, 0.1) is 10.5 Å². The third-order valence-electron chi connectivity index (χ3n) is 3.16. The molecule has 0 aliphatic rings. The van der Waals surface area contributed by atoms with Crippen molar-refractivity contribution in [2.75, 3.05) is 11.1 Å². The lowest BCUT2D eigenvalue weighted by atomic mass is 10.2. The number of rotatable bonds is 5. The first-order valence-corrected chi connectivity index (χ1v) is 6.99. The lowest BCUT2D eigenvalue weighted by Gasteiger charge is -2.13. The Morgan fingerprint density at radius 2 is 1.88 bits per heavy atom. The van der Waals surface area contributed by atoms with Gasteiger partial charge in [-0.25, -0.2) is 4.79 Å². The van der Waals surface area contributed by atoms with Gasteiger partial charge in [0, 0.05) is 11.8 Å². The molecule has 1 atom stereocenters. The van der Waals surface area contributed by atoms with Gasteiger partial charge in [-0.15, -0.1) is 0 Å². The number of esters is 1. The lowest BCUT2D eigenvalue weighted by molar-refractivity contribution is -0.383. The molecule has 0 heterocycles. The van der Waals surface area contributed by atoms with E-state index in [-0.39, 0.29) is 11.3 Å². The maximum absolute atomic E-state index is 12.0. The van der Waals surface area contributed by atoms with Crippen molar-refractivity contribution in [3.63, 3.8) is 0 Å². The third kappa shape index (κ3) is 4.07. The summed E-state index contributed by atoms with van der Waals surface area (Å²) in [4.78, 5) is 34.2. The summed E-state index contributed by atoms with van der Waals surface area (Å²) in [6.45, 7) is 1.40. The molecular formula is C16H15N3O5. The molecule has 0 radical (unpaired) electrons. The highest BCUT2D eigenvalue weighted by molar-refractivity contribution is 5.97. The Kier molecular flexibility index (Phi) is 5.10. The van der Waals surface area contributed by atoms with Gasteiger partial charge in [0.15, 0.2) is 6.10 Å². The molecule has 8 heteroatoms. The predicted octanol–water partition coefficient (Wildman–Crippen LogP) is 2.36. The van der Waals surface area contributed by atoms with E-state index in [2.05, 4.69) is 5.32 Å². The quantitative estimate of drug-likeness (QED) is 0.375. The highest BCUT2D eigenvalue weighted by Gasteiger charge is 2.21. The highest BCUT2D eigenvalue weighted by atomic mass is 16.6. The molecule has 0 saturated heterocycles. The van der Waals surface area contributed by atoms with Crippen molar-refractivity contribution in [1.29, 1.82) is 0 Å². The monoisotopic (exact) mass is 329 g/mol. The molecule has 124 valence electrons. The van der Waals surface area contributed by atoms with Crippen LogP contribution < -0.4 is 11.1 Å². The molecule has 0 bridgehead atoms. The fraction of sp³-hybridized carbons (Fsp3) is 0.125. The summed E-state index contributed by atoms with van der Waals surface area (Å²) in [6, 6.07) is 12.2. The number of amides is 1. The molecule has 2 aromatic carbocycles. The summed E-state index contributed by atoms with van der Waals surface area (Å²) in [5.74, 6) is -1.37. The van der Waals surface area contributed by atoms with Crippen LogP contribution in [0.15, 0.2) is 48.5 Å². The fourth-order valence-corrected chi connectivity index (χ4v) is 1.88. The van der Waals surface area contributed by atoms with Gasteiger partial charge in [0.1, 0.15) is 5.69 Å². The molecule has 1 amide bonds. The summed E-state index contributed by atoms with van der Waals surface area (Å²) in [6.07, 6.45) is -1.07. The summed E-state index contributed by atoms with van der Waals surface area (Å²) >= 11 is 0. The third-order valence-corrected chi connectivity index (χ3v) is 3.16. The average molecular weight is 329 g/mol. The first kappa shape index (κ1) is 16.9. The number of nitrogen functional groups attached to an aromatic ring is 1. The average Bonchev–Trinajstić information content (AvgIpc) is 2.55. The van der Waals surface area contributed by atoms with Crippen LogP contribution in [0, 0.1) is 10.1 Å². The van der Waals surface area contributed by atoms with E-state index in [9.17, 15) is 19.7 Å². The van der Waals surface area contributed by atoms with Crippen molar-refractivity contribution in [1.82, 2.24) is 0 Å². The summed E-state index contributed by atoms with van der Waals surface area (Å²) in [7, 11) is 0. The number of benzene rings is 2. The fourth-order valence-electron chi connectivity index (χ4n) is 1.88. The number of nitrogens with one attached hydrogen (secondary N) is 1. The van der Waals surface area contributed by atoms with Crippen molar-refractivity contribution in [3.05, 3.63) is 64.2 Å². The van der Waals surface area contributed by atoms with E-state index in [1.54, 1.807) is 30.3 Å². The van der Waals surface area contributed by atoms with Crippen LogP contribution in [0.3, 0.4) is 0 Å². The molecule has 0 unspecified atom stereocenters. The van der Waals surface area contributed by atoms with Gasteiger partial charge < -0.3 is 15.8 Å². The second-order valence-corrected chi connectivity index (χ2v) is 4.93. The first-order chi connectivity index (χ1) is 11.4. The van der Waals surface area contributed by atoms with E-state index in [1.165, 1.54) is 19.1 Å². The standard InChI is InChI=1S/C16H15N3O5/c1-10(15(20)18-12-5-3-2-4-6-12)24-16(21)11-7-8-13(17)14(9-11)19(22)23/h2-10H,17H2,1H3,(H,18,20)/t10-/m0/s1. The van der Waals surface area contributed by atoms with Gasteiger partial charge in [-0.3, -0.25) is 14.9 Å². The topological polar surface area (TPSA) is 125 Å². The Hall–Kier alpha value is -3.42. The number of hydrogen-bond donors (Lipinski definition) is 2. The van der Waals surface area contributed by atoms with Crippen molar-refractivity contribution in [2.24, 2.45) is 0 Å². The number of nitrogens with two attached hydrogens (primary N) is 1. The van der Waals surface area contributed by atoms with Gasteiger partial charge in [-0.1, -0.05) is 18.2 Å². The zero-order chi connectivity index (χ0) is 17.7. The number of nitro benzene ring substituents is 1. The van der Waals surface area contributed by atoms with E-state index in [1.807, 2.05) is 0 Å². The number of nitrogens with zero attached hydrogens (tertiary/aromatic N) is 1. The minimum absolute atomic E-state index is 0.0599. The van der Waals surface area contributed by atoms with Crippen LogP contribution in [0.25, 0.3) is 0 Å². The molecule has 0 spiro atoms. The first-order valence-electron chi connectivity index (χ1n) is 6.99. The number of anilines is 2. The molecule has 0 aromatic heterocycles. The van der Waals surface area contributed by atoms with Gasteiger partial charge >= 0.3 is 5.97 Å². The van der Waals surface area contributed by atoms with Crippen molar-refractivity contribution >= 4 is 28.9 Å². The normalized spacial score (nSPS) is 11.4. The van der Waals surface area contributed by atoms with E-state index >= 15 is 0 Å². The van der Waals surface area contributed by atoms with Crippen molar-refractivity contribution < 1.29 is 19.2 Å². The molecule has 2 aromatic rings. The van der Waals surface area contributed by atoms with Crippen molar-refractivity contribution in [2.45, 2.75) is 13.0 Å². The lowest BCUT2D eigenvalue weighted by Crippen LogP contribution is -2.30. The maximum Gasteiger partial charge on any atom is 0.339 e. The van der Waals surface area contributed by atoms with Crippen molar-refractivity contribution in [3.8, 4) is 0 Å². The van der Waals surface area contributed by atoms with Crippen LogP contribution in [0.2, 0.25) is 0 Å². The summed E-state index contributed by atoms with van der Waals surface area (Å²) in [5.41, 5.74) is 5.51. The van der Waals surface area contributed by atoms with Gasteiger partial charge in [0.2, 0.25) is 0 Å². The Morgan fingerprint density at radius 1 is 1.21 bits per heavy atom. The van der Waals surface area contributed by atoms with E-state index in [0.29, 0.717) is 5.69 Å². The predicted molar refractivity (Wildman–Crippen MR) is 87.5 cm³/mol. The minimum Gasteiger partial charge on any atom is -0.449 e. The molecule has 0 fully saturated rings. The van der Waals surface area contributed by atoms with Crippen LogP contribution in [0.5, 0.6) is 0 Å². The second kappa shape index (κ2) is 7.23. The van der Waals surface area contributed by atoms with Gasteiger partial charge in [-0.05, 0) is 31.2 Å². The summed E-state index contributed by atoms with van der Waals surface area (Å²) < 4.78 is 5.03.